The maximum absolute atomic E-state index is 12.8. The molecule has 1 amide bonds. The first kappa shape index (κ1) is 22.6. The molecule has 162 valence electrons. The molecule has 3 heteroatoms. The Kier molecular flexibility index (Phi) is 7.88. The number of hydrogen-bond donors (Lipinski definition) is 1. The van der Waals surface area contributed by atoms with Crippen molar-refractivity contribution in [2.45, 2.75) is 52.5 Å². The van der Waals surface area contributed by atoms with Crippen LogP contribution in [0, 0.1) is 20.8 Å². The molecular formula is C28H33NO2. The van der Waals surface area contributed by atoms with Gasteiger partial charge in [0.1, 0.15) is 5.75 Å². The molecule has 3 nitrogen and oxygen atoms in total. The van der Waals surface area contributed by atoms with E-state index >= 15 is 0 Å². The lowest BCUT2D eigenvalue weighted by Crippen LogP contribution is -2.29. The van der Waals surface area contributed by atoms with E-state index in [-0.39, 0.29) is 11.9 Å². The van der Waals surface area contributed by atoms with Gasteiger partial charge in [-0.15, -0.1) is 0 Å². The fourth-order valence-electron chi connectivity index (χ4n) is 3.74. The molecule has 0 aliphatic heterocycles. The molecule has 0 aromatic heterocycles. The van der Waals surface area contributed by atoms with E-state index < -0.39 is 0 Å². The fourth-order valence-corrected chi connectivity index (χ4v) is 3.74. The molecule has 0 heterocycles. The van der Waals surface area contributed by atoms with Gasteiger partial charge in [-0.1, -0.05) is 71.8 Å². The van der Waals surface area contributed by atoms with Gasteiger partial charge in [-0.3, -0.25) is 4.79 Å². The van der Waals surface area contributed by atoms with Crippen molar-refractivity contribution in [1.29, 1.82) is 0 Å². The first-order chi connectivity index (χ1) is 15.0. The highest BCUT2D eigenvalue weighted by Gasteiger charge is 2.16. The number of methoxy groups -OCH3 is 1. The maximum Gasteiger partial charge on any atom is 0.220 e. The average molecular weight is 416 g/mol. The molecule has 3 rings (SSSR count). The van der Waals surface area contributed by atoms with E-state index in [1.54, 1.807) is 7.11 Å². The molecule has 0 fully saturated rings. The van der Waals surface area contributed by atoms with Crippen molar-refractivity contribution in [3.63, 3.8) is 0 Å². The van der Waals surface area contributed by atoms with Crippen LogP contribution in [0.1, 0.15) is 58.7 Å². The number of unbranched alkanes of at least 4 members (excludes halogenated alkanes) is 1. The Balaban J connectivity index is 1.59. The summed E-state index contributed by atoms with van der Waals surface area (Å²) in [4.78, 5) is 12.8. The SMILES string of the molecule is COc1cc(CCCCC(=O)NC(c2ccc(C)cc2)c2ccc(C)cc2)ccc1C. The molecule has 0 bridgehead atoms. The Labute approximate surface area is 186 Å². The van der Waals surface area contributed by atoms with Crippen molar-refractivity contribution in [3.8, 4) is 5.75 Å². The van der Waals surface area contributed by atoms with E-state index in [1.807, 2.05) is 6.92 Å². The summed E-state index contributed by atoms with van der Waals surface area (Å²) in [6.45, 7) is 6.20. The van der Waals surface area contributed by atoms with Crippen molar-refractivity contribution in [2.75, 3.05) is 7.11 Å². The second-order valence-corrected chi connectivity index (χ2v) is 8.33. The highest BCUT2D eigenvalue weighted by Crippen LogP contribution is 2.24. The number of amides is 1. The Morgan fingerprint density at radius 1 is 0.839 bits per heavy atom. The van der Waals surface area contributed by atoms with Gasteiger partial charge in [-0.2, -0.15) is 0 Å². The topological polar surface area (TPSA) is 38.3 Å². The lowest BCUT2D eigenvalue weighted by molar-refractivity contribution is -0.121. The van der Waals surface area contributed by atoms with E-state index in [2.05, 4.69) is 85.9 Å². The molecule has 0 radical (unpaired) electrons. The molecule has 3 aromatic rings. The van der Waals surface area contributed by atoms with Gasteiger partial charge in [-0.25, -0.2) is 0 Å². The van der Waals surface area contributed by atoms with Crippen molar-refractivity contribution in [2.24, 2.45) is 0 Å². The molecule has 0 unspecified atom stereocenters. The van der Waals surface area contributed by atoms with Gasteiger partial charge in [0.25, 0.3) is 0 Å². The lowest BCUT2D eigenvalue weighted by Gasteiger charge is -2.20. The molecule has 0 saturated carbocycles. The number of ether oxygens (including phenoxy) is 1. The van der Waals surface area contributed by atoms with Gasteiger partial charge in [0.05, 0.1) is 13.2 Å². The third kappa shape index (κ3) is 6.45. The number of carbonyl (C=O) groups excluding carboxylic acids is 1. The van der Waals surface area contributed by atoms with Gasteiger partial charge in [0.2, 0.25) is 5.91 Å². The molecule has 0 atom stereocenters. The normalized spacial score (nSPS) is 10.9. The van der Waals surface area contributed by atoms with E-state index in [9.17, 15) is 4.79 Å². The number of carbonyl (C=O) groups is 1. The summed E-state index contributed by atoms with van der Waals surface area (Å²) in [6, 6.07) is 23.0. The Morgan fingerprint density at radius 2 is 1.42 bits per heavy atom. The van der Waals surface area contributed by atoms with Crippen LogP contribution in [0.4, 0.5) is 0 Å². The zero-order valence-corrected chi connectivity index (χ0v) is 19.1. The predicted molar refractivity (Wildman–Crippen MR) is 128 cm³/mol. The van der Waals surface area contributed by atoms with Gasteiger partial charge in [0.15, 0.2) is 0 Å². The summed E-state index contributed by atoms with van der Waals surface area (Å²) in [5.74, 6) is 1.02. The number of aryl methyl sites for hydroxylation is 4. The minimum absolute atomic E-state index is 0.0904. The number of benzene rings is 3. The Bertz CT molecular complexity index is 945. The van der Waals surface area contributed by atoms with Crippen LogP contribution in [0.2, 0.25) is 0 Å². The summed E-state index contributed by atoms with van der Waals surface area (Å²) in [5.41, 5.74) is 7.03. The highest BCUT2D eigenvalue weighted by atomic mass is 16.5. The van der Waals surface area contributed by atoms with Crippen LogP contribution in [-0.4, -0.2) is 13.0 Å². The molecule has 31 heavy (non-hydrogen) atoms. The second-order valence-electron chi connectivity index (χ2n) is 8.33. The zero-order valence-electron chi connectivity index (χ0n) is 19.1. The second kappa shape index (κ2) is 10.8. The monoisotopic (exact) mass is 415 g/mol. The van der Waals surface area contributed by atoms with Gasteiger partial charge in [-0.05, 0) is 68.4 Å². The van der Waals surface area contributed by atoms with Gasteiger partial charge < -0.3 is 10.1 Å². The summed E-state index contributed by atoms with van der Waals surface area (Å²) in [6.07, 6.45) is 3.30. The lowest BCUT2D eigenvalue weighted by atomic mass is 9.96. The molecule has 0 saturated heterocycles. The fraction of sp³-hybridized carbons (Fsp3) is 0.321. The average Bonchev–Trinajstić information content (AvgIpc) is 2.77. The quantitative estimate of drug-likeness (QED) is 0.420. The van der Waals surface area contributed by atoms with Crippen LogP contribution in [0.5, 0.6) is 5.75 Å². The first-order valence-electron chi connectivity index (χ1n) is 11.0. The zero-order chi connectivity index (χ0) is 22.2. The van der Waals surface area contributed by atoms with Crippen LogP contribution in [-0.2, 0) is 11.2 Å². The minimum atomic E-state index is -0.130. The van der Waals surface area contributed by atoms with E-state index in [0.29, 0.717) is 6.42 Å². The Hall–Kier alpha value is -3.07. The summed E-state index contributed by atoms with van der Waals surface area (Å²) in [7, 11) is 1.70. The number of nitrogens with one attached hydrogen (secondary N) is 1. The molecule has 0 aliphatic carbocycles. The summed E-state index contributed by atoms with van der Waals surface area (Å²) >= 11 is 0. The molecule has 3 aromatic carbocycles. The third-order valence-electron chi connectivity index (χ3n) is 5.72. The number of rotatable bonds is 9. The van der Waals surface area contributed by atoms with Crippen LogP contribution in [0.3, 0.4) is 0 Å². The van der Waals surface area contributed by atoms with Crippen molar-refractivity contribution >= 4 is 5.91 Å². The van der Waals surface area contributed by atoms with E-state index in [0.717, 1.165) is 41.7 Å². The largest absolute Gasteiger partial charge is 0.496 e. The molecular weight excluding hydrogens is 382 g/mol. The maximum atomic E-state index is 12.8. The third-order valence-corrected chi connectivity index (χ3v) is 5.72. The van der Waals surface area contributed by atoms with Crippen molar-refractivity contribution in [1.82, 2.24) is 5.32 Å². The van der Waals surface area contributed by atoms with E-state index in [1.165, 1.54) is 16.7 Å². The van der Waals surface area contributed by atoms with Gasteiger partial charge >= 0.3 is 0 Å². The summed E-state index contributed by atoms with van der Waals surface area (Å²) < 4.78 is 5.41. The standard InChI is InChI=1S/C28H33NO2/c1-20-9-15-24(16-10-20)28(25-17-11-21(2)12-18-25)29-27(30)8-6-5-7-23-14-13-22(3)26(19-23)31-4/h9-19,28H,5-8H2,1-4H3,(H,29,30). The highest BCUT2D eigenvalue weighted by molar-refractivity contribution is 5.77. The summed E-state index contributed by atoms with van der Waals surface area (Å²) in [5, 5.41) is 3.25. The Morgan fingerprint density at radius 3 is 1.97 bits per heavy atom. The van der Waals surface area contributed by atoms with Gasteiger partial charge in [0, 0.05) is 6.42 Å². The van der Waals surface area contributed by atoms with E-state index in [4.69, 9.17) is 4.74 Å². The number of hydrogen-bond acceptors (Lipinski definition) is 2. The van der Waals surface area contributed by atoms with Crippen molar-refractivity contribution < 1.29 is 9.53 Å². The van der Waals surface area contributed by atoms with Crippen LogP contribution in [0.15, 0.2) is 66.7 Å². The predicted octanol–water partition coefficient (Wildman–Crippen LogP) is 6.24. The molecule has 0 aliphatic rings. The molecule has 1 N–H and O–H groups in total. The smallest absolute Gasteiger partial charge is 0.220 e. The minimum Gasteiger partial charge on any atom is -0.496 e. The molecule has 0 spiro atoms. The van der Waals surface area contributed by atoms with Crippen molar-refractivity contribution in [3.05, 3.63) is 100 Å². The van der Waals surface area contributed by atoms with Crippen LogP contribution >= 0.6 is 0 Å². The first-order valence-corrected chi connectivity index (χ1v) is 11.0. The van der Waals surface area contributed by atoms with Crippen LogP contribution < -0.4 is 10.1 Å². The van der Waals surface area contributed by atoms with Crippen LogP contribution in [0.25, 0.3) is 0 Å².